The molecule has 0 aromatic heterocycles. The van der Waals surface area contributed by atoms with Crippen molar-refractivity contribution in [1.82, 2.24) is 4.90 Å². The number of nitriles is 1. The van der Waals surface area contributed by atoms with Crippen molar-refractivity contribution in [2.75, 3.05) is 6.54 Å². The van der Waals surface area contributed by atoms with E-state index in [9.17, 15) is 4.79 Å². The first-order valence-electron chi connectivity index (χ1n) is 5.61. The highest BCUT2D eigenvalue weighted by atomic mass is 16.2. The van der Waals surface area contributed by atoms with E-state index in [1.807, 2.05) is 11.8 Å². The van der Waals surface area contributed by atoms with Crippen LogP contribution in [0.15, 0.2) is 0 Å². The van der Waals surface area contributed by atoms with Gasteiger partial charge in [-0.1, -0.05) is 6.92 Å². The number of nitrogens with zero attached hydrogens (tertiary/aromatic N) is 2. The Bertz CT molecular complexity index is 255. The van der Waals surface area contributed by atoms with Gasteiger partial charge in [0.1, 0.15) is 0 Å². The summed E-state index contributed by atoms with van der Waals surface area (Å²) in [5.74, 6) is 0.113. The van der Waals surface area contributed by atoms with Crippen molar-refractivity contribution in [2.24, 2.45) is 5.73 Å². The Morgan fingerprint density at radius 1 is 1.67 bits per heavy atom. The zero-order chi connectivity index (χ0) is 11.3. The monoisotopic (exact) mass is 209 g/mol. The SMILES string of the molecule is CCC(N)CC(=O)N(CCC#N)C1CC1. The minimum Gasteiger partial charge on any atom is -0.339 e. The van der Waals surface area contributed by atoms with Crippen LogP contribution in [0.2, 0.25) is 0 Å². The summed E-state index contributed by atoms with van der Waals surface area (Å²) >= 11 is 0. The van der Waals surface area contributed by atoms with Crippen LogP contribution in [0.25, 0.3) is 0 Å². The summed E-state index contributed by atoms with van der Waals surface area (Å²) in [4.78, 5) is 13.7. The van der Waals surface area contributed by atoms with Gasteiger partial charge in [0.15, 0.2) is 0 Å². The van der Waals surface area contributed by atoms with Crippen LogP contribution >= 0.6 is 0 Å². The van der Waals surface area contributed by atoms with Gasteiger partial charge in [-0.2, -0.15) is 5.26 Å². The summed E-state index contributed by atoms with van der Waals surface area (Å²) in [6, 6.07) is 2.42. The lowest BCUT2D eigenvalue weighted by Gasteiger charge is -2.22. The molecular weight excluding hydrogens is 190 g/mol. The highest BCUT2D eigenvalue weighted by Crippen LogP contribution is 2.27. The molecule has 15 heavy (non-hydrogen) atoms. The largest absolute Gasteiger partial charge is 0.339 e. The fourth-order valence-corrected chi connectivity index (χ4v) is 1.55. The first-order chi connectivity index (χ1) is 7.19. The minimum atomic E-state index is -0.0409. The molecule has 0 aromatic carbocycles. The molecule has 0 heterocycles. The molecule has 84 valence electrons. The molecule has 1 aliphatic rings. The zero-order valence-electron chi connectivity index (χ0n) is 9.28. The van der Waals surface area contributed by atoms with Gasteiger partial charge in [0.2, 0.25) is 5.91 Å². The summed E-state index contributed by atoms with van der Waals surface area (Å²) in [7, 11) is 0. The molecule has 4 heteroatoms. The molecule has 1 rings (SSSR count). The summed E-state index contributed by atoms with van der Waals surface area (Å²) in [5.41, 5.74) is 5.75. The van der Waals surface area contributed by atoms with Gasteiger partial charge < -0.3 is 10.6 Å². The molecule has 0 spiro atoms. The van der Waals surface area contributed by atoms with Crippen molar-refractivity contribution >= 4 is 5.91 Å². The molecule has 1 amide bonds. The molecule has 0 aromatic rings. The van der Waals surface area contributed by atoms with Crippen molar-refractivity contribution in [3.63, 3.8) is 0 Å². The van der Waals surface area contributed by atoms with Gasteiger partial charge in [-0.05, 0) is 19.3 Å². The van der Waals surface area contributed by atoms with Crippen LogP contribution in [0.4, 0.5) is 0 Å². The van der Waals surface area contributed by atoms with Gasteiger partial charge >= 0.3 is 0 Å². The number of hydrogen-bond donors (Lipinski definition) is 1. The minimum absolute atomic E-state index is 0.0409. The zero-order valence-corrected chi connectivity index (χ0v) is 9.28. The maximum Gasteiger partial charge on any atom is 0.224 e. The summed E-state index contributed by atoms with van der Waals surface area (Å²) < 4.78 is 0. The lowest BCUT2D eigenvalue weighted by atomic mass is 10.1. The van der Waals surface area contributed by atoms with E-state index < -0.39 is 0 Å². The first-order valence-corrected chi connectivity index (χ1v) is 5.61. The van der Waals surface area contributed by atoms with Crippen LogP contribution in [0.5, 0.6) is 0 Å². The Morgan fingerprint density at radius 3 is 2.80 bits per heavy atom. The smallest absolute Gasteiger partial charge is 0.224 e. The highest BCUT2D eigenvalue weighted by Gasteiger charge is 2.32. The number of hydrogen-bond acceptors (Lipinski definition) is 3. The van der Waals surface area contributed by atoms with E-state index in [4.69, 9.17) is 11.0 Å². The lowest BCUT2D eigenvalue weighted by Crippen LogP contribution is -2.37. The van der Waals surface area contributed by atoms with Gasteiger partial charge in [0, 0.05) is 25.0 Å². The molecule has 0 radical (unpaired) electrons. The molecule has 1 fully saturated rings. The summed E-state index contributed by atoms with van der Waals surface area (Å²) in [6.07, 6.45) is 3.82. The van der Waals surface area contributed by atoms with Crippen LogP contribution < -0.4 is 5.73 Å². The lowest BCUT2D eigenvalue weighted by molar-refractivity contribution is -0.132. The van der Waals surface area contributed by atoms with Gasteiger partial charge in [0.25, 0.3) is 0 Å². The summed E-state index contributed by atoms with van der Waals surface area (Å²) in [5, 5.41) is 8.51. The molecule has 1 aliphatic carbocycles. The van der Waals surface area contributed by atoms with E-state index in [2.05, 4.69) is 6.07 Å². The average Bonchev–Trinajstić information content (AvgIpc) is 3.02. The van der Waals surface area contributed by atoms with E-state index in [1.165, 1.54) is 0 Å². The molecule has 2 N–H and O–H groups in total. The fraction of sp³-hybridized carbons (Fsp3) is 0.818. The second kappa shape index (κ2) is 5.72. The molecule has 0 aliphatic heterocycles. The van der Waals surface area contributed by atoms with Gasteiger partial charge in [-0.15, -0.1) is 0 Å². The van der Waals surface area contributed by atoms with Crippen molar-refractivity contribution in [3.8, 4) is 6.07 Å². The van der Waals surface area contributed by atoms with E-state index in [0.29, 0.717) is 25.4 Å². The van der Waals surface area contributed by atoms with Crippen molar-refractivity contribution in [3.05, 3.63) is 0 Å². The Balaban J connectivity index is 2.41. The van der Waals surface area contributed by atoms with Crippen LogP contribution in [-0.2, 0) is 4.79 Å². The van der Waals surface area contributed by atoms with Crippen LogP contribution in [0.3, 0.4) is 0 Å². The number of carbonyl (C=O) groups excluding carboxylic acids is 1. The third kappa shape index (κ3) is 3.88. The molecule has 0 saturated heterocycles. The number of nitrogens with two attached hydrogens (primary N) is 1. The summed E-state index contributed by atoms with van der Waals surface area (Å²) in [6.45, 7) is 2.55. The average molecular weight is 209 g/mol. The van der Waals surface area contributed by atoms with E-state index in [0.717, 1.165) is 19.3 Å². The van der Waals surface area contributed by atoms with Crippen LogP contribution in [0, 0.1) is 11.3 Å². The molecule has 0 bridgehead atoms. The maximum atomic E-state index is 11.8. The van der Waals surface area contributed by atoms with Gasteiger partial charge in [0.05, 0.1) is 12.5 Å². The topological polar surface area (TPSA) is 70.1 Å². The third-order valence-electron chi connectivity index (χ3n) is 2.73. The quantitative estimate of drug-likeness (QED) is 0.710. The predicted molar refractivity (Wildman–Crippen MR) is 57.8 cm³/mol. The number of amides is 1. The van der Waals surface area contributed by atoms with Gasteiger partial charge in [-0.25, -0.2) is 0 Å². The molecule has 4 nitrogen and oxygen atoms in total. The highest BCUT2D eigenvalue weighted by molar-refractivity contribution is 5.77. The Morgan fingerprint density at radius 2 is 2.33 bits per heavy atom. The molecule has 1 unspecified atom stereocenters. The fourth-order valence-electron chi connectivity index (χ4n) is 1.55. The van der Waals surface area contributed by atoms with Crippen LogP contribution in [0.1, 0.15) is 39.0 Å². The second-order valence-electron chi connectivity index (χ2n) is 4.10. The van der Waals surface area contributed by atoms with Crippen molar-refractivity contribution in [1.29, 1.82) is 5.26 Å². The normalized spacial score (nSPS) is 16.9. The van der Waals surface area contributed by atoms with Crippen LogP contribution in [-0.4, -0.2) is 29.4 Å². The molecule has 1 atom stereocenters. The van der Waals surface area contributed by atoms with E-state index in [-0.39, 0.29) is 11.9 Å². The Kier molecular flexibility index (Phi) is 4.57. The van der Waals surface area contributed by atoms with E-state index >= 15 is 0 Å². The standard InChI is InChI=1S/C11H19N3O/c1-2-9(13)8-11(15)14(7-3-6-12)10-4-5-10/h9-10H,2-5,7-8,13H2,1H3. The van der Waals surface area contributed by atoms with E-state index in [1.54, 1.807) is 0 Å². The first kappa shape index (κ1) is 12.0. The predicted octanol–water partition coefficient (Wildman–Crippen LogP) is 1.02. The Hall–Kier alpha value is -1.08. The maximum absolute atomic E-state index is 11.8. The third-order valence-corrected chi connectivity index (χ3v) is 2.73. The number of carbonyl (C=O) groups is 1. The van der Waals surface area contributed by atoms with Crippen molar-refractivity contribution in [2.45, 2.75) is 51.1 Å². The molecular formula is C11H19N3O. The molecule has 1 saturated carbocycles. The van der Waals surface area contributed by atoms with Crippen molar-refractivity contribution < 1.29 is 4.79 Å². The van der Waals surface area contributed by atoms with Gasteiger partial charge in [-0.3, -0.25) is 4.79 Å². The Labute approximate surface area is 91.0 Å². The second-order valence-corrected chi connectivity index (χ2v) is 4.10. The number of rotatable bonds is 6.